The van der Waals surface area contributed by atoms with Gasteiger partial charge in [-0.05, 0) is 51.4 Å². The normalized spacial score (nSPS) is 13.3. The summed E-state index contributed by atoms with van der Waals surface area (Å²) in [6.45, 7) is 14.6. The maximum Gasteiger partial charge on any atom is 0.123 e. The maximum atomic E-state index is 6.80. The zero-order chi connectivity index (χ0) is 23.6. The lowest BCUT2D eigenvalue weighted by molar-refractivity contribution is 0.300. The molecule has 1 nitrogen and oxygen atoms in total. The van der Waals surface area contributed by atoms with E-state index >= 15 is 0 Å². The lowest BCUT2D eigenvalue weighted by atomic mass is 9.85. The number of hydrogen-bond acceptors (Lipinski definition) is 1. The fourth-order valence-electron chi connectivity index (χ4n) is 5.44. The molecule has 0 N–H and O–H groups in total. The van der Waals surface area contributed by atoms with Crippen molar-refractivity contribution >= 4 is 24.5 Å². The zero-order valence-corrected chi connectivity index (χ0v) is 22.2. The van der Waals surface area contributed by atoms with Gasteiger partial charge in [0, 0.05) is 0 Å². The van der Waals surface area contributed by atoms with Gasteiger partial charge in [-0.25, -0.2) is 0 Å². The molecule has 0 amide bonds. The van der Waals surface area contributed by atoms with Gasteiger partial charge >= 0.3 is 0 Å². The van der Waals surface area contributed by atoms with Gasteiger partial charge in [0.05, 0.1) is 0 Å². The molecule has 3 aromatic carbocycles. The van der Waals surface area contributed by atoms with Crippen LogP contribution >= 0.6 is 0 Å². The van der Waals surface area contributed by atoms with Crippen molar-refractivity contribution in [2.24, 2.45) is 0 Å². The Morgan fingerprint density at radius 2 is 1.61 bits per heavy atom. The molecular formula is C31H38OSi. The third-order valence-electron chi connectivity index (χ3n) is 7.32. The van der Waals surface area contributed by atoms with Crippen LogP contribution < -0.4 is 15.1 Å². The molecular weight excluding hydrogens is 416 g/mol. The second-order valence-electron chi connectivity index (χ2n) is 10.5. The summed E-state index contributed by atoms with van der Waals surface area (Å²) in [5.74, 6) is 1.13. The molecule has 0 fully saturated rings. The van der Waals surface area contributed by atoms with E-state index in [1.54, 1.807) is 5.19 Å². The number of hydrogen-bond donors (Lipinski definition) is 0. The van der Waals surface area contributed by atoms with E-state index in [1.807, 2.05) is 0 Å². The Hall–Kier alpha value is -2.58. The molecule has 0 radical (unpaired) electrons. The first kappa shape index (κ1) is 23.6. The molecule has 0 atom stereocenters. The van der Waals surface area contributed by atoms with E-state index < -0.39 is 8.07 Å². The number of rotatable bonds is 7. The molecule has 0 spiro atoms. The highest BCUT2D eigenvalue weighted by atomic mass is 28.3. The molecule has 0 aliphatic heterocycles. The molecule has 0 aromatic heterocycles. The fourth-order valence-corrected chi connectivity index (χ4v) is 10.1. The van der Waals surface area contributed by atoms with Crippen molar-refractivity contribution in [2.45, 2.75) is 72.1 Å². The van der Waals surface area contributed by atoms with Gasteiger partial charge < -0.3 is 4.74 Å². The molecule has 0 saturated carbocycles. The molecule has 1 aliphatic carbocycles. The van der Waals surface area contributed by atoms with E-state index in [0.29, 0.717) is 6.61 Å². The molecule has 0 bridgehead atoms. The summed E-state index contributed by atoms with van der Waals surface area (Å²) < 4.78 is 6.80. The monoisotopic (exact) mass is 454 g/mol. The highest BCUT2D eigenvalue weighted by molar-refractivity contribution is 7.03. The van der Waals surface area contributed by atoms with E-state index in [-0.39, 0.29) is 5.41 Å². The summed E-state index contributed by atoms with van der Waals surface area (Å²) in [4.78, 5) is 0. The van der Waals surface area contributed by atoms with Crippen LogP contribution in [-0.4, -0.2) is 8.07 Å². The largest absolute Gasteiger partial charge is 0.489 e. The molecule has 0 unspecified atom stereocenters. The van der Waals surface area contributed by atoms with Crippen LogP contribution in [0.2, 0.25) is 12.1 Å². The molecule has 33 heavy (non-hydrogen) atoms. The maximum absolute atomic E-state index is 6.80. The lowest BCUT2D eigenvalue weighted by Gasteiger charge is -2.36. The Morgan fingerprint density at radius 1 is 0.879 bits per heavy atom. The van der Waals surface area contributed by atoms with Gasteiger partial charge in [-0.3, -0.25) is 0 Å². The Morgan fingerprint density at radius 3 is 2.27 bits per heavy atom. The summed E-state index contributed by atoms with van der Waals surface area (Å²) in [5.41, 5.74) is 6.83. The van der Waals surface area contributed by atoms with Crippen LogP contribution in [0.15, 0.2) is 66.7 Å². The van der Waals surface area contributed by atoms with Crippen LogP contribution in [0.5, 0.6) is 5.75 Å². The van der Waals surface area contributed by atoms with Crippen molar-refractivity contribution in [3.8, 4) is 5.75 Å². The lowest BCUT2D eigenvalue weighted by Crippen LogP contribution is -2.59. The van der Waals surface area contributed by atoms with E-state index in [2.05, 4.69) is 114 Å². The van der Waals surface area contributed by atoms with Gasteiger partial charge in [0.15, 0.2) is 0 Å². The van der Waals surface area contributed by atoms with Crippen LogP contribution in [-0.2, 0) is 18.4 Å². The standard InChI is InChI=1S/C31H38OSi/c1-7-33(8-2,28-19-13-17-25-16-12-18-26(25)28)29-21-23(3)20-27(31(4,5)6)30(29)32-22-24-14-10-9-11-15-24/h9-15,17-21H,7-8,16,22H2,1-6H3. The van der Waals surface area contributed by atoms with Gasteiger partial charge in [0.1, 0.15) is 20.4 Å². The smallest absolute Gasteiger partial charge is 0.123 e. The van der Waals surface area contributed by atoms with E-state index in [4.69, 9.17) is 4.74 Å². The minimum absolute atomic E-state index is 0.00690. The topological polar surface area (TPSA) is 9.23 Å². The van der Waals surface area contributed by atoms with E-state index in [9.17, 15) is 0 Å². The summed E-state index contributed by atoms with van der Waals surface area (Å²) in [6.07, 6.45) is 5.74. The minimum Gasteiger partial charge on any atom is -0.489 e. The predicted molar refractivity (Wildman–Crippen MR) is 146 cm³/mol. The van der Waals surface area contributed by atoms with E-state index in [1.165, 1.54) is 45.1 Å². The van der Waals surface area contributed by atoms with Crippen molar-refractivity contribution in [3.63, 3.8) is 0 Å². The van der Waals surface area contributed by atoms with Crippen LogP contribution in [0.1, 0.15) is 62.4 Å². The average molecular weight is 455 g/mol. The predicted octanol–water partition coefficient (Wildman–Crippen LogP) is 7.04. The molecule has 0 saturated heterocycles. The Labute approximate surface area is 201 Å². The zero-order valence-electron chi connectivity index (χ0n) is 21.2. The van der Waals surface area contributed by atoms with Gasteiger partial charge in [0.25, 0.3) is 0 Å². The van der Waals surface area contributed by atoms with Crippen molar-refractivity contribution in [3.05, 3.63) is 94.6 Å². The SMILES string of the molecule is CC[Si](CC)(c1cccc2c1C=CC2)c1cc(C)cc(C(C)(C)C)c1OCc1ccccc1. The molecule has 3 aromatic rings. The summed E-state index contributed by atoms with van der Waals surface area (Å²) in [6, 6.07) is 24.7. The molecule has 2 heteroatoms. The molecule has 4 rings (SSSR count). The first-order valence-corrected chi connectivity index (χ1v) is 14.8. The van der Waals surface area contributed by atoms with Crippen LogP contribution in [0.3, 0.4) is 0 Å². The van der Waals surface area contributed by atoms with Crippen LogP contribution in [0.25, 0.3) is 6.08 Å². The first-order chi connectivity index (χ1) is 15.8. The van der Waals surface area contributed by atoms with Gasteiger partial charge in [-0.1, -0.05) is 125 Å². The third-order valence-corrected chi connectivity index (χ3v) is 12.6. The Kier molecular flexibility index (Phi) is 6.68. The number of aryl methyl sites for hydroxylation is 1. The van der Waals surface area contributed by atoms with Crippen LogP contribution in [0.4, 0.5) is 0 Å². The minimum atomic E-state index is -2.05. The summed E-state index contributed by atoms with van der Waals surface area (Å²) in [5, 5.41) is 3.05. The second kappa shape index (κ2) is 9.35. The second-order valence-corrected chi connectivity index (χ2v) is 15.1. The fraction of sp³-hybridized carbons (Fsp3) is 0.355. The number of ether oxygens (including phenoxy) is 1. The summed E-state index contributed by atoms with van der Waals surface area (Å²) in [7, 11) is -2.05. The summed E-state index contributed by atoms with van der Waals surface area (Å²) >= 11 is 0. The highest BCUT2D eigenvalue weighted by Crippen LogP contribution is 2.35. The molecule has 0 heterocycles. The van der Waals surface area contributed by atoms with Gasteiger partial charge in [-0.2, -0.15) is 0 Å². The van der Waals surface area contributed by atoms with E-state index in [0.717, 1.165) is 12.2 Å². The third kappa shape index (κ3) is 4.46. The quantitative estimate of drug-likeness (QED) is 0.348. The molecule has 172 valence electrons. The van der Waals surface area contributed by atoms with Gasteiger partial charge in [0.2, 0.25) is 0 Å². The van der Waals surface area contributed by atoms with Crippen molar-refractivity contribution in [1.82, 2.24) is 0 Å². The number of fused-ring (bicyclic) bond motifs is 1. The molecule has 1 aliphatic rings. The van der Waals surface area contributed by atoms with Crippen molar-refractivity contribution in [2.75, 3.05) is 0 Å². The van der Waals surface area contributed by atoms with Gasteiger partial charge in [-0.15, -0.1) is 0 Å². The Balaban J connectivity index is 1.95. The van der Waals surface area contributed by atoms with Crippen molar-refractivity contribution < 1.29 is 4.74 Å². The average Bonchev–Trinajstić information content (AvgIpc) is 3.29. The van der Waals surface area contributed by atoms with Crippen molar-refractivity contribution in [1.29, 1.82) is 0 Å². The Bertz CT molecular complexity index is 1150. The highest BCUT2D eigenvalue weighted by Gasteiger charge is 2.40. The number of allylic oxidation sites excluding steroid dienone is 1. The first-order valence-electron chi connectivity index (χ1n) is 12.4. The number of benzene rings is 3. The van der Waals surface area contributed by atoms with Crippen LogP contribution in [0, 0.1) is 6.92 Å².